The Morgan fingerprint density at radius 3 is 2.70 bits per heavy atom. The number of amides is 1. The number of allylic oxidation sites excluding steroid dienone is 1. The van der Waals surface area contributed by atoms with Crippen LogP contribution in [-0.2, 0) is 4.79 Å². The summed E-state index contributed by atoms with van der Waals surface area (Å²) in [6, 6.07) is 12.8. The van der Waals surface area contributed by atoms with Gasteiger partial charge in [-0.15, -0.1) is 0 Å². The van der Waals surface area contributed by atoms with E-state index in [1.807, 2.05) is 63.2 Å². The van der Waals surface area contributed by atoms with E-state index < -0.39 is 6.04 Å². The van der Waals surface area contributed by atoms with Crippen molar-refractivity contribution in [1.82, 2.24) is 20.2 Å². The molecular weight excluding hydrogens is 420 g/mol. The largest absolute Gasteiger partial charge is 0.490 e. The molecule has 172 valence electrons. The normalized spacial score (nSPS) is 15.0. The molecule has 2 N–H and O–H groups in total. The first kappa shape index (κ1) is 22.3. The maximum Gasteiger partial charge on any atom is 0.255 e. The number of ether oxygens (including phenoxy) is 2. The van der Waals surface area contributed by atoms with Crippen molar-refractivity contribution >= 4 is 17.5 Å². The minimum atomic E-state index is -0.542. The zero-order valence-electron chi connectivity index (χ0n) is 19.3. The lowest BCUT2D eigenvalue weighted by Gasteiger charge is -2.28. The first-order valence-corrected chi connectivity index (χ1v) is 11.1. The third-order valence-electron chi connectivity index (χ3n) is 5.40. The zero-order valence-corrected chi connectivity index (χ0v) is 19.3. The smallest absolute Gasteiger partial charge is 0.255 e. The lowest BCUT2D eigenvalue weighted by molar-refractivity contribution is -0.113. The number of fused-ring (bicyclic) bond motifs is 1. The van der Waals surface area contributed by atoms with Crippen molar-refractivity contribution in [2.75, 3.05) is 23.8 Å². The van der Waals surface area contributed by atoms with Crippen LogP contribution in [-0.4, -0.2) is 39.3 Å². The van der Waals surface area contributed by atoms with Gasteiger partial charge in [0.25, 0.3) is 5.91 Å². The lowest BCUT2D eigenvalue weighted by atomic mass is 9.94. The summed E-state index contributed by atoms with van der Waals surface area (Å²) >= 11 is 0. The number of aryl methyl sites for hydroxylation is 1. The van der Waals surface area contributed by atoms with Crippen LogP contribution in [0.25, 0.3) is 0 Å². The number of hydrogen-bond donors (Lipinski definition) is 2. The van der Waals surface area contributed by atoms with Crippen molar-refractivity contribution in [2.24, 2.45) is 0 Å². The predicted molar refractivity (Wildman–Crippen MR) is 125 cm³/mol. The second-order valence-corrected chi connectivity index (χ2v) is 7.77. The average molecular weight is 449 g/mol. The Labute approximate surface area is 192 Å². The van der Waals surface area contributed by atoms with Crippen LogP contribution in [0.2, 0.25) is 0 Å². The highest BCUT2D eigenvalue weighted by molar-refractivity contribution is 6.06. The van der Waals surface area contributed by atoms with Gasteiger partial charge in [0.2, 0.25) is 5.95 Å². The molecule has 2 aromatic carbocycles. The van der Waals surface area contributed by atoms with Gasteiger partial charge in [0.05, 0.1) is 18.8 Å². The number of carbonyl (C=O) groups excluding carboxylic acids is 1. The number of para-hydroxylation sites is 1. The Morgan fingerprint density at radius 1 is 1.12 bits per heavy atom. The van der Waals surface area contributed by atoms with Gasteiger partial charge in [0.1, 0.15) is 6.04 Å². The maximum atomic E-state index is 13.5. The topological polar surface area (TPSA) is 103 Å². The van der Waals surface area contributed by atoms with Gasteiger partial charge >= 0.3 is 0 Å². The number of rotatable bonds is 8. The van der Waals surface area contributed by atoms with E-state index in [0.29, 0.717) is 41.9 Å². The number of hydrogen-bond acceptors (Lipinski definition) is 7. The van der Waals surface area contributed by atoms with Crippen LogP contribution < -0.4 is 20.1 Å². The van der Waals surface area contributed by atoms with Crippen molar-refractivity contribution in [3.8, 4) is 11.5 Å². The molecule has 1 unspecified atom stereocenters. The molecule has 9 nitrogen and oxygen atoms in total. The van der Waals surface area contributed by atoms with Gasteiger partial charge in [-0.05, 0) is 66.9 Å². The minimum Gasteiger partial charge on any atom is -0.490 e. The van der Waals surface area contributed by atoms with Crippen LogP contribution in [0.4, 0.5) is 11.6 Å². The molecule has 33 heavy (non-hydrogen) atoms. The van der Waals surface area contributed by atoms with Crippen molar-refractivity contribution in [3.63, 3.8) is 0 Å². The molecule has 1 aromatic heterocycles. The van der Waals surface area contributed by atoms with E-state index in [1.165, 1.54) is 0 Å². The number of carbonyl (C=O) groups is 1. The molecule has 0 aliphatic carbocycles. The third-order valence-corrected chi connectivity index (χ3v) is 5.40. The van der Waals surface area contributed by atoms with Crippen LogP contribution in [0.15, 0.2) is 53.7 Å². The predicted octanol–water partition coefficient (Wildman–Crippen LogP) is 4.10. The molecule has 1 amide bonds. The van der Waals surface area contributed by atoms with Crippen molar-refractivity contribution in [3.05, 3.63) is 64.9 Å². The first-order valence-electron chi connectivity index (χ1n) is 11.1. The van der Waals surface area contributed by atoms with E-state index in [2.05, 4.69) is 33.1 Å². The summed E-state index contributed by atoms with van der Waals surface area (Å²) < 4.78 is 13.3. The van der Waals surface area contributed by atoms with Crippen LogP contribution in [0.1, 0.15) is 44.4 Å². The molecule has 0 bridgehead atoms. The Hall–Kier alpha value is -3.88. The quantitative estimate of drug-likeness (QED) is 0.535. The van der Waals surface area contributed by atoms with Gasteiger partial charge in [-0.3, -0.25) is 4.79 Å². The van der Waals surface area contributed by atoms with E-state index in [9.17, 15) is 4.79 Å². The molecule has 0 fully saturated rings. The molecule has 4 rings (SSSR count). The molecule has 9 heteroatoms. The Bertz CT molecular complexity index is 1190. The highest BCUT2D eigenvalue weighted by Gasteiger charge is 2.34. The van der Waals surface area contributed by atoms with Crippen LogP contribution in [0.3, 0.4) is 0 Å². The Balaban J connectivity index is 1.76. The zero-order chi connectivity index (χ0) is 23.4. The molecule has 3 aromatic rings. The fourth-order valence-electron chi connectivity index (χ4n) is 3.81. The summed E-state index contributed by atoms with van der Waals surface area (Å²) in [5, 5.41) is 18.2. The molecule has 0 saturated heterocycles. The van der Waals surface area contributed by atoms with E-state index in [-0.39, 0.29) is 5.91 Å². The number of nitrogens with one attached hydrogen (secondary N) is 2. The molecule has 1 atom stereocenters. The Kier molecular flexibility index (Phi) is 6.58. The van der Waals surface area contributed by atoms with Crippen LogP contribution in [0.5, 0.6) is 11.5 Å². The number of nitrogens with zero attached hydrogens (tertiary/aromatic N) is 4. The average Bonchev–Trinajstić information content (AvgIpc) is 3.27. The molecule has 2 heterocycles. The third kappa shape index (κ3) is 4.52. The van der Waals surface area contributed by atoms with Gasteiger partial charge in [-0.1, -0.05) is 36.3 Å². The number of anilines is 2. The second-order valence-electron chi connectivity index (χ2n) is 7.77. The van der Waals surface area contributed by atoms with Crippen molar-refractivity contribution in [1.29, 1.82) is 0 Å². The molecule has 0 radical (unpaired) electrons. The summed E-state index contributed by atoms with van der Waals surface area (Å²) in [4.78, 5) is 13.5. The fourth-order valence-corrected chi connectivity index (χ4v) is 3.81. The number of tetrazole rings is 1. The Morgan fingerprint density at radius 2 is 1.94 bits per heavy atom. The fraction of sp³-hybridized carbons (Fsp3) is 0.333. The van der Waals surface area contributed by atoms with E-state index in [0.717, 1.165) is 23.2 Å². The minimum absolute atomic E-state index is 0.232. The second kappa shape index (κ2) is 9.72. The van der Waals surface area contributed by atoms with Gasteiger partial charge in [-0.25, -0.2) is 0 Å². The summed E-state index contributed by atoms with van der Waals surface area (Å²) in [6.07, 6.45) is 0.890. The van der Waals surface area contributed by atoms with Crippen molar-refractivity contribution < 1.29 is 14.3 Å². The summed E-state index contributed by atoms with van der Waals surface area (Å²) in [5.41, 5.74) is 3.73. The SMILES string of the molecule is CCCOc1ccc(C2C(C(=O)Nc3ccccc3C)=C(C)Nc3nnnn32)cc1OCC. The van der Waals surface area contributed by atoms with Crippen molar-refractivity contribution in [2.45, 2.75) is 40.2 Å². The number of benzene rings is 2. The van der Waals surface area contributed by atoms with Gasteiger partial charge in [0, 0.05) is 11.4 Å². The molecule has 1 aliphatic rings. The van der Waals surface area contributed by atoms with Gasteiger partial charge < -0.3 is 20.1 Å². The standard InChI is InChI=1S/C24H28N6O3/c1-5-13-33-19-12-11-17(14-20(19)32-6-2)22-21(16(4)25-24-27-28-29-30(22)24)23(31)26-18-10-8-7-9-15(18)3/h7-12,14,22H,5-6,13H2,1-4H3,(H,26,31)(H,25,27,29). The van der Waals surface area contributed by atoms with Gasteiger partial charge in [-0.2, -0.15) is 4.68 Å². The van der Waals surface area contributed by atoms with E-state index >= 15 is 0 Å². The summed E-state index contributed by atoms with van der Waals surface area (Å²) in [6.45, 7) is 8.86. The molecule has 0 saturated carbocycles. The molecule has 1 aliphatic heterocycles. The highest BCUT2D eigenvalue weighted by Crippen LogP contribution is 2.39. The monoisotopic (exact) mass is 448 g/mol. The summed E-state index contributed by atoms with van der Waals surface area (Å²) in [7, 11) is 0. The maximum absolute atomic E-state index is 13.5. The van der Waals surface area contributed by atoms with E-state index in [4.69, 9.17) is 9.47 Å². The number of aromatic nitrogens is 4. The lowest BCUT2D eigenvalue weighted by Crippen LogP contribution is -2.31. The van der Waals surface area contributed by atoms with Crippen LogP contribution in [0, 0.1) is 6.92 Å². The van der Waals surface area contributed by atoms with E-state index in [1.54, 1.807) is 4.68 Å². The van der Waals surface area contributed by atoms with Crippen LogP contribution >= 0.6 is 0 Å². The summed E-state index contributed by atoms with van der Waals surface area (Å²) in [5.74, 6) is 1.52. The van der Waals surface area contributed by atoms with Gasteiger partial charge in [0.15, 0.2) is 11.5 Å². The molecule has 0 spiro atoms. The highest BCUT2D eigenvalue weighted by atomic mass is 16.5. The first-order chi connectivity index (χ1) is 16.0. The molecular formula is C24H28N6O3.